The first kappa shape index (κ1) is 18.7. The van der Waals surface area contributed by atoms with E-state index in [-0.39, 0.29) is 11.8 Å². The number of aryl methyl sites for hydroxylation is 1. The molecule has 2 amide bonds. The number of benzene rings is 2. The predicted octanol–water partition coefficient (Wildman–Crippen LogP) is 2.77. The van der Waals surface area contributed by atoms with Gasteiger partial charge in [-0.15, -0.1) is 0 Å². The van der Waals surface area contributed by atoms with E-state index in [0.717, 1.165) is 11.3 Å². The van der Waals surface area contributed by atoms with E-state index in [0.29, 0.717) is 30.2 Å². The lowest BCUT2D eigenvalue weighted by atomic mass is 9.95. The first-order chi connectivity index (χ1) is 14.1. The highest BCUT2D eigenvalue weighted by Gasteiger charge is 2.39. The van der Waals surface area contributed by atoms with Gasteiger partial charge in [-0.2, -0.15) is 0 Å². The maximum atomic E-state index is 13.2. The Bertz CT molecular complexity index is 1050. The summed E-state index contributed by atoms with van der Waals surface area (Å²) < 4.78 is 7.07. The molecule has 0 aliphatic carbocycles. The molecule has 1 aliphatic heterocycles. The fraction of sp³-hybridized carbons (Fsp3) is 0.227. The Balaban J connectivity index is 1.61. The molecule has 3 aromatic rings. The van der Waals surface area contributed by atoms with Gasteiger partial charge in [0.1, 0.15) is 11.7 Å². The molecule has 1 aromatic heterocycles. The topological polar surface area (TPSA) is 76.5 Å². The van der Waals surface area contributed by atoms with Crippen LogP contribution >= 0.6 is 0 Å². The van der Waals surface area contributed by atoms with Gasteiger partial charge in [0.05, 0.1) is 25.7 Å². The zero-order valence-corrected chi connectivity index (χ0v) is 16.3. The zero-order chi connectivity index (χ0) is 20.4. The van der Waals surface area contributed by atoms with Gasteiger partial charge in [-0.25, -0.2) is 4.98 Å². The van der Waals surface area contributed by atoms with Crippen LogP contribution in [0.15, 0.2) is 60.9 Å². The normalized spacial score (nSPS) is 15.7. The van der Waals surface area contributed by atoms with E-state index in [1.54, 1.807) is 42.6 Å². The van der Waals surface area contributed by atoms with Crippen molar-refractivity contribution in [1.82, 2.24) is 9.55 Å². The van der Waals surface area contributed by atoms with Crippen molar-refractivity contribution in [3.05, 3.63) is 72.2 Å². The maximum Gasteiger partial charge on any atom is 0.241 e. The largest absolute Gasteiger partial charge is 0.497 e. The molecule has 7 nitrogen and oxygen atoms in total. The third-order valence-corrected chi connectivity index (χ3v) is 5.09. The van der Waals surface area contributed by atoms with Crippen LogP contribution in [0.3, 0.4) is 0 Å². The van der Waals surface area contributed by atoms with Gasteiger partial charge in [-0.1, -0.05) is 36.4 Å². The highest BCUT2D eigenvalue weighted by atomic mass is 16.5. The molecule has 1 atom stereocenters. The number of nitrogens with one attached hydrogen (secondary N) is 1. The quantitative estimate of drug-likeness (QED) is 0.680. The summed E-state index contributed by atoms with van der Waals surface area (Å²) in [5.74, 6) is -0.161. The molecule has 1 unspecified atom stereocenters. The lowest BCUT2D eigenvalue weighted by Crippen LogP contribution is -2.46. The van der Waals surface area contributed by atoms with E-state index in [4.69, 9.17) is 4.74 Å². The van der Waals surface area contributed by atoms with Gasteiger partial charge in [0, 0.05) is 25.2 Å². The second kappa shape index (κ2) is 7.79. The number of carbonyl (C=O) groups is 2. The van der Waals surface area contributed by atoms with Crippen LogP contribution in [0.4, 0.5) is 11.5 Å². The molecule has 1 N–H and O–H groups in total. The number of methoxy groups -OCH3 is 1. The summed E-state index contributed by atoms with van der Waals surface area (Å²) in [7, 11) is 3.44. The summed E-state index contributed by atoms with van der Waals surface area (Å²) in [6.07, 6.45) is 1.99. The van der Waals surface area contributed by atoms with Gasteiger partial charge in [0.15, 0.2) is 5.82 Å². The second-order valence-corrected chi connectivity index (χ2v) is 7.01. The van der Waals surface area contributed by atoms with E-state index in [1.165, 1.54) is 0 Å². The Morgan fingerprint density at radius 2 is 2.00 bits per heavy atom. The van der Waals surface area contributed by atoms with Crippen molar-refractivity contribution in [3.63, 3.8) is 0 Å². The summed E-state index contributed by atoms with van der Waals surface area (Å²) in [4.78, 5) is 32.2. The minimum Gasteiger partial charge on any atom is -0.497 e. The van der Waals surface area contributed by atoms with E-state index in [1.807, 2.05) is 41.9 Å². The number of anilines is 2. The Kier molecular flexibility index (Phi) is 5.03. The molecule has 0 radical (unpaired) electrons. The van der Waals surface area contributed by atoms with Crippen molar-refractivity contribution in [2.75, 3.05) is 17.3 Å². The number of aromatic nitrogens is 2. The SMILES string of the molecule is COc1cccc(NC(=O)C2Cc3c(ncn3C)N(Cc3ccccc3)C2=O)c1. The van der Waals surface area contributed by atoms with Crippen molar-refractivity contribution in [3.8, 4) is 5.75 Å². The molecule has 0 bridgehead atoms. The summed E-state index contributed by atoms with van der Waals surface area (Å²) in [5, 5.41) is 2.85. The Morgan fingerprint density at radius 3 is 2.76 bits per heavy atom. The monoisotopic (exact) mass is 390 g/mol. The van der Waals surface area contributed by atoms with Gasteiger partial charge in [-0.05, 0) is 17.7 Å². The van der Waals surface area contributed by atoms with Crippen molar-refractivity contribution < 1.29 is 14.3 Å². The van der Waals surface area contributed by atoms with Crippen LogP contribution in [0.2, 0.25) is 0 Å². The lowest BCUT2D eigenvalue weighted by molar-refractivity contribution is -0.131. The molecule has 0 spiro atoms. The Labute approximate surface area is 168 Å². The first-order valence-electron chi connectivity index (χ1n) is 9.37. The highest BCUT2D eigenvalue weighted by molar-refractivity contribution is 6.13. The molecule has 4 rings (SSSR count). The number of carbonyl (C=O) groups excluding carboxylic acids is 2. The number of hydrogen-bond donors (Lipinski definition) is 1. The van der Waals surface area contributed by atoms with E-state index >= 15 is 0 Å². The maximum absolute atomic E-state index is 13.2. The van der Waals surface area contributed by atoms with Crippen molar-refractivity contribution >= 4 is 23.3 Å². The average Bonchev–Trinajstić information content (AvgIpc) is 3.11. The van der Waals surface area contributed by atoms with Crippen molar-refractivity contribution in [2.45, 2.75) is 13.0 Å². The van der Waals surface area contributed by atoms with Crippen molar-refractivity contribution in [2.24, 2.45) is 13.0 Å². The Hall–Kier alpha value is -3.61. The van der Waals surface area contributed by atoms with Crippen LogP contribution in [0.5, 0.6) is 5.75 Å². The molecule has 0 saturated heterocycles. The number of fused-ring (bicyclic) bond motifs is 1. The summed E-state index contributed by atoms with van der Waals surface area (Å²) in [6, 6.07) is 16.8. The number of nitrogens with zero attached hydrogens (tertiary/aromatic N) is 3. The number of hydrogen-bond acceptors (Lipinski definition) is 4. The zero-order valence-electron chi connectivity index (χ0n) is 16.3. The fourth-order valence-electron chi connectivity index (χ4n) is 3.53. The predicted molar refractivity (Wildman–Crippen MR) is 110 cm³/mol. The average molecular weight is 390 g/mol. The first-order valence-corrected chi connectivity index (χ1v) is 9.37. The second-order valence-electron chi connectivity index (χ2n) is 7.01. The van der Waals surface area contributed by atoms with Crippen LogP contribution in [-0.2, 0) is 29.6 Å². The van der Waals surface area contributed by atoms with Crippen molar-refractivity contribution in [1.29, 1.82) is 0 Å². The van der Waals surface area contributed by atoms with Gasteiger partial charge < -0.3 is 14.6 Å². The minimum atomic E-state index is -0.826. The molecule has 29 heavy (non-hydrogen) atoms. The van der Waals surface area contributed by atoms with E-state index in [2.05, 4.69) is 10.3 Å². The number of ether oxygens (including phenoxy) is 1. The standard InChI is InChI=1S/C22H22N4O3/c1-25-14-23-20-19(25)12-18(21(27)24-16-9-6-10-17(11-16)29-2)22(28)26(20)13-15-7-4-3-5-8-15/h3-11,14,18H,12-13H2,1-2H3,(H,24,27). The number of rotatable bonds is 5. The Morgan fingerprint density at radius 1 is 1.21 bits per heavy atom. The van der Waals surface area contributed by atoms with Crippen LogP contribution in [-0.4, -0.2) is 28.5 Å². The molecule has 7 heteroatoms. The van der Waals surface area contributed by atoms with Gasteiger partial charge >= 0.3 is 0 Å². The third-order valence-electron chi connectivity index (χ3n) is 5.09. The molecule has 0 fully saturated rings. The third kappa shape index (κ3) is 3.71. The molecule has 2 heterocycles. The molecule has 0 saturated carbocycles. The molecular formula is C22H22N4O3. The van der Waals surface area contributed by atoms with Gasteiger partial charge in [0.25, 0.3) is 0 Å². The van der Waals surface area contributed by atoms with E-state index < -0.39 is 5.92 Å². The smallest absolute Gasteiger partial charge is 0.241 e. The molecule has 148 valence electrons. The number of amides is 2. The van der Waals surface area contributed by atoms with Gasteiger partial charge in [0.2, 0.25) is 11.8 Å². The van der Waals surface area contributed by atoms with Gasteiger partial charge in [-0.3, -0.25) is 14.5 Å². The fourth-order valence-corrected chi connectivity index (χ4v) is 3.53. The summed E-state index contributed by atoms with van der Waals surface area (Å²) >= 11 is 0. The summed E-state index contributed by atoms with van der Waals surface area (Å²) in [6.45, 7) is 0.368. The van der Waals surface area contributed by atoms with E-state index in [9.17, 15) is 9.59 Å². The molecule has 1 aliphatic rings. The highest BCUT2D eigenvalue weighted by Crippen LogP contribution is 2.31. The van der Waals surface area contributed by atoms with Crippen LogP contribution < -0.4 is 15.0 Å². The minimum absolute atomic E-state index is 0.250. The molecule has 2 aromatic carbocycles. The molecular weight excluding hydrogens is 368 g/mol. The van der Waals surface area contributed by atoms with Crippen LogP contribution in [0.1, 0.15) is 11.3 Å². The van der Waals surface area contributed by atoms with Crippen LogP contribution in [0.25, 0.3) is 0 Å². The van der Waals surface area contributed by atoms with Crippen LogP contribution in [0, 0.1) is 5.92 Å². The summed E-state index contributed by atoms with van der Waals surface area (Å²) in [5.41, 5.74) is 2.44. The lowest BCUT2D eigenvalue weighted by Gasteiger charge is -2.31. The number of imidazole rings is 1.